The Morgan fingerprint density at radius 1 is 1.05 bits per heavy atom. The lowest BCUT2D eigenvalue weighted by Crippen LogP contribution is -1.92. The first-order valence-corrected chi connectivity index (χ1v) is 6.20. The van der Waals surface area contributed by atoms with Crippen LogP contribution < -0.4 is 4.74 Å². The van der Waals surface area contributed by atoms with Gasteiger partial charge in [-0.2, -0.15) is 0 Å². The molecular formula is C14H10Cl2F2O. The summed E-state index contributed by atoms with van der Waals surface area (Å²) < 4.78 is 30.5. The molecule has 0 heterocycles. The van der Waals surface area contributed by atoms with Crippen molar-refractivity contribution in [1.82, 2.24) is 0 Å². The van der Waals surface area contributed by atoms with Crippen molar-refractivity contribution >= 4 is 23.2 Å². The fourth-order valence-corrected chi connectivity index (χ4v) is 2.41. The summed E-state index contributed by atoms with van der Waals surface area (Å²) in [7, 11) is 1.42. The number of rotatable bonds is 3. The molecule has 0 N–H and O–H groups in total. The van der Waals surface area contributed by atoms with E-state index < -0.39 is 6.43 Å². The van der Waals surface area contributed by atoms with Crippen LogP contribution in [0, 0.1) is 0 Å². The van der Waals surface area contributed by atoms with Crippen LogP contribution in [-0.2, 0) is 0 Å². The highest BCUT2D eigenvalue weighted by Gasteiger charge is 2.16. The summed E-state index contributed by atoms with van der Waals surface area (Å²) in [5, 5.41) is 0.881. The molecule has 0 atom stereocenters. The van der Waals surface area contributed by atoms with Gasteiger partial charge in [-0.25, -0.2) is 8.78 Å². The number of halogens is 4. The molecule has 0 spiro atoms. The highest BCUT2D eigenvalue weighted by molar-refractivity contribution is 6.39. The SMILES string of the molecule is COc1cc(C(F)F)ccc1-c1c(Cl)cccc1Cl. The quantitative estimate of drug-likeness (QED) is 0.716. The van der Waals surface area contributed by atoms with Crippen LogP contribution in [0.5, 0.6) is 5.75 Å². The molecule has 1 nitrogen and oxygen atoms in total. The summed E-state index contributed by atoms with van der Waals surface area (Å²) in [6, 6.07) is 9.25. The largest absolute Gasteiger partial charge is 0.496 e. The van der Waals surface area contributed by atoms with Gasteiger partial charge in [0.25, 0.3) is 6.43 Å². The third kappa shape index (κ3) is 2.82. The van der Waals surface area contributed by atoms with Crippen molar-refractivity contribution < 1.29 is 13.5 Å². The topological polar surface area (TPSA) is 9.23 Å². The Balaban J connectivity index is 2.62. The molecule has 0 aliphatic rings. The van der Waals surface area contributed by atoms with Gasteiger partial charge in [0.1, 0.15) is 5.75 Å². The Morgan fingerprint density at radius 3 is 2.21 bits per heavy atom. The Labute approximate surface area is 119 Å². The average Bonchev–Trinajstić information content (AvgIpc) is 2.38. The highest BCUT2D eigenvalue weighted by Crippen LogP contribution is 2.40. The fraction of sp³-hybridized carbons (Fsp3) is 0.143. The van der Waals surface area contributed by atoms with E-state index >= 15 is 0 Å². The number of hydrogen-bond donors (Lipinski definition) is 0. The van der Waals surface area contributed by atoms with E-state index in [-0.39, 0.29) is 5.56 Å². The van der Waals surface area contributed by atoms with Crippen molar-refractivity contribution in [1.29, 1.82) is 0 Å². The van der Waals surface area contributed by atoms with Gasteiger partial charge in [0.05, 0.1) is 17.2 Å². The molecule has 0 aliphatic carbocycles. The van der Waals surface area contributed by atoms with Crippen LogP contribution in [-0.4, -0.2) is 7.11 Å². The second-order valence-corrected chi connectivity index (χ2v) is 4.67. The maximum atomic E-state index is 12.7. The predicted octanol–water partition coefficient (Wildman–Crippen LogP) is 5.61. The lowest BCUT2D eigenvalue weighted by molar-refractivity contribution is 0.151. The minimum absolute atomic E-state index is 0.108. The maximum Gasteiger partial charge on any atom is 0.263 e. The molecule has 0 saturated heterocycles. The van der Waals surface area contributed by atoms with Crippen LogP contribution in [0.4, 0.5) is 8.78 Å². The number of benzene rings is 2. The van der Waals surface area contributed by atoms with Crippen LogP contribution in [0.1, 0.15) is 12.0 Å². The van der Waals surface area contributed by atoms with Crippen molar-refractivity contribution in [2.45, 2.75) is 6.43 Å². The van der Waals surface area contributed by atoms with Gasteiger partial charge in [-0.3, -0.25) is 0 Å². The Hall–Kier alpha value is -1.32. The van der Waals surface area contributed by atoms with E-state index in [0.29, 0.717) is 26.9 Å². The van der Waals surface area contributed by atoms with E-state index in [0.717, 1.165) is 0 Å². The standard InChI is InChI=1S/C14H10Cl2F2O/c1-19-12-7-8(14(17)18)5-6-9(12)13-10(15)3-2-4-11(13)16/h2-7,14H,1H3. The lowest BCUT2D eigenvalue weighted by atomic mass is 10.0. The summed E-state index contributed by atoms with van der Waals surface area (Å²) in [5.74, 6) is 0.313. The van der Waals surface area contributed by atoms with E-state index in [9.17, 15) is 8.78 Å². The summed E-state index contributed by atoms with van der Waals surface area (Å²) >= 11 is 12.2. The molecule has 0 radical (unpaired) electrons. The van der Waals surface area contributed by atoms with Crippen molar-refractivity contribution in [3.05, 3.63) is 52.0 Å². The lowest BCUT2D eigenvalue weighted by Gasteiger charge is -2.13. The first-order chi connectivity index (χ1) is 9.04. The molecular weight excluding hydrogens is 293 g/mol. The molecule has 0 amide bonds. The molecule has 19 heavy (non-hydrogen) atoms. The van der Waals surface area contributed by atoms with Gasteiger partial charge in [-0.05, 0) is 18.2 Å². The van der Waals surface area contributed by atoms with Crippen molar-refractivity contribution in [2.75, 3.05) is 7.11 Å². The number of hydrogen-bond acceptors (Lipinski definition) is 1. The maximum absolute atomic E-state index is 12.7. The van der Waals surface area contributed by atoms with E-state index in [1.54, 1.807) is 18.2 Å². The van der Waals surface area contributed by atoms with E-state index in [2.05, 4.69) is 0 Å². The van der Waals surface area contributed by atoms with Gasteiger partial charge < -0.3 is 4.74 Å². The molecule has 0 bridgehead atoms. The zero-order chi connectivity index (χ0) is 14.0. The normalized spacial score (nSPS) is 10.8. The van der Waals surface area contributed by atoms with Crippen LogP contribution in [0.15, 0.2) is 36.4 Å². The Morgan fingerprint density at radius 2 is 1.68 bits per heavy atom. The van der Waals surface area contributed by atoms with Gasteiger partial charge in [0, 0.05) is 16.7 Å². The molecule has 0 saturated carbocycles. The minimum Gasteiger partial charge on any atom is -0.496 e. The van der Waals surface area contributed by atoms with Crippen molar-refractivity contribution in [3.8, 4) is 16.9 Å². The van der Waals surface area contributed by atoms with Gasteiger partial charge in [0.2, 0.25) is 0 Å². The molecule has 5 heteroatoms. The summed E-state index contributed by atoms with van der Waals surface area (Å²) in [6.45, 7) is 0. The number of alkyl halides is 2. The highest BCUT2D eigenvalue weighted by atomic mass is 35.5. The van der Waals surface area contributed by atoms with Crippen LogP contribution in [0.25, 0.3) is 11.1 Å². The zero-order valence-corrected chi connectivity index (χ0v) is 11.5. The minimum atomic E-state index is -2.55. The second kappa shape index (κ2) is 5.76. The molecule has 2 aromatic rings. The number of methoxy groups -OCH3 is 1. The monoisotopic (exact) mass is 302 g/mol. The molecule has 0 aromatic heterocycles. The molecule has 0 unspecified atom stereocenters. The van der Waals surface area contributed by atoms with Gasteiger partial charge in [0.15, 0.2) is 0 Å². The third-order valence-electron chi connectivity index (χ3n) is 2.71. The van der Waals surface area contributed by atoms with Crippen LogP contribution >= 0.6 is 23.2 Å². The smallest absolute Gasteiger partial charge is 0.263 e. The summed E-state index contributed by atoms with van der Waals surface area (Å²) in [4.78, 5) is 0. The van der Waals surface area contributed by atoms with Crippen LogP contribution in [0.3, 0.4) is 0 Å². The zero-order valence-electron chi connectivity index (χ0n) is 9.96. The van der Waals surface area contributed by atoms with E-state index in [1.165, 1.54) is 25.3 Å². The molecule has 2 aromatic carbocycles. The molecule has 0 aliphatic heterocycles. The van der Waals surface area contributed by atoms with Crippen LogP contribution in [0.2, 0.25) is 10.0 Å². The predicted molar refractivity (Wildman–Crippen MR) is 73.4 cm³/mol. The van der Waals surface area contributed by atoms with E-state index in [1.807, 2.05) is 0 Å². The Kier molecular flexibility index (Phi) is 4.27. The van der Waals surface area contributed by atoms with Crippen molar-refractivity contribution in [2.24, 2.45) is 0 Å². The molecule has 2 rings (SSSR count). The first kappa shape index (κ1) is 14.1. The van der Waals surface area contributed by atoms with Gasteiger partial charge in [-0.15, -0.1) is 0 Å². The van der Waals surface area contributed by atoms with Gasteiger partial charge >= 0.3 is 0 Å². The second-order valence-electron chi connectivity index (χ2n) is 3.86. The fourth-order valence-electron chi connectivity index (χ4n) is 1.81. The van der Waals surface area contributed by atoms with Crippen molar-refractivity contribution in [3.63, 3.8) is 0 Å². The Bertz CT molecular complexity index is 580. The van der Waals surface area contributed by atoms with Gasteiger partial charge in [-0.1, -0.05) is 41.4 Å². The molecule has 0 fully saturated rings. The summed E-state index contributed by atoms with van der Waals surface area (Å²) in [6.07, 6.45) is -2.55. The number of ether oxygens (including phenoxy) is 1. The summed E-state index contributed by atoms with van der Waals surface area (Å²) in [5.41, 5.74) is 1.05. The average molecular weight is 303 g/mol. The molecule has 100 valence electrons. The first-order valence-electron chi connectivity index (χ1n) is 5.45. The third-order valence-corrected chi connectivity index (χ3v) is 3.34. The van der Waals surface area contributed by atoms with E-state index in [4.69, 9.17) is 27.9 Å².